The van der Waals surface area contributed by atoms with Gasteiger partial charge in [0, 0.05) is 22.0 Å². The number of benzene rings is 1. The molecular weight excluding hydrogens is 174 g/mol. The fraction of sp³-hybridized carbons (Fsp3) is 0. The molecule has 0 saturated carbocycles. The van der Waals surface area contributed by atoms with Crippen LogP contribution in [0.1, 0.15) is 0 Å². The van der Waals surface area contributed by atoms with Crippen LogP contribution in [0.4, 0.5) is 0 Å². The van der Waals surface area contributed by atoms with E-state index in [0.29, 0.717) is 10.4 Å². The highest BCUT2D eigenvalue weighted by molar-refractivity contribution is 6.35. The van der Waals surface area contributed by atoms with E-state index in [9.17, 15) is 4.79 Å². The molecule has 0 atom stereocenters. The summed E-state index contributed by atoms with van der Waals surface area (Å²) in [7, 11) is 0. The van der Waals surface area contributed by atoms with Crippen molar-refractivity contribution < 1.29 is 0 Å². The Labute approximate surface area is 73.8 Å². The highest BCUT2D eigenvalue weighted by Crippen LogP contribution is 2.19. The lowest BCUT2D eigenvalue weighted by molar-refractivity contribution is 1.28. The van der Waals surface area contributed by atoms with Crippen LogP contribution in [-0.2, 0) is 0 Å². The number of pyridine rings is 1. The quantitative estimate of drug-likeness (QED) is 0.661. The lowest BCUT2D eigenvalue weighted by Gasteiger charge is -1.96. The van der Waals surface area contributed by atoms with Crippen molar-refractivity contribution in [1.82, 2.24) is 4.98 Å². The molecular formula is C9H6ClNO. The molecule has 1 aromatic heterocycles. The summed E-state index contributed by atoms with van der Waals surface area (Å²) in [5.74, 6) is 0. The van der Waals surface area contributed by atoms with E-state index in [4.69, 9.17) is 11.6 Å². The van der Waals surface area contributed by atoms with Crippen molar-refractivity contribution in [2.45, 2.75) is 0 Å². The van der Waals surface area contributed by atoms with E-state index >= 15 is 0 Å². The summed E-state index contributed by atoms with van der Waals surface area (Å²) >= 11 is 5.88. The number of aromatic amines is 1. The van der Waals surface area contributed by atoms with Gasteiger partial charge in [-0.15, -0.1) is 0 Å². The number of nitrogens with one attached hydrogen (secondary N) is 1. The smallest absolute Gasteiger partial charge is 0.255 e. The molecule has 1 heterocycles. The van der Waals surface area contributed by atoms with Crippen molar-refractivity contribution >= 4 is 22.4 Å². The average molecular weight is 180 g/mol. The monoisotopic (exact) mass is 179 g/mol. The third-order valence-electron chi connectivity index (χ3n) is 1.76. The van der Waals surface area contributed by atoms with Crippen LogP contribution in [0, 0.1) is 0 Å². The van der Waals surface area contributed by atoms with Gasteiger partial charge in [0.05, 0.1) is 0 Å². The first-order valence-corrected chi connectivity index (χ1v) is 3.93. The van der Waals surface area contributed by atoms with Gasteiger partial charge in [0.2, 0.25) is 0 Å². The van der Waals surface area contributed by atoms with Crippen LogP contribution in [0.15, 0.2) is 35.3 Å². The van der Waals surface area contributed by atoms with Crippen LogP contribution in [0.5, 0.6) is 0 Å². The molecule has 2 nitrogen and oxygen atoms in total. The van der Waals surface area contributed by atoms with Crippen LogP contribution >= 0.6 is 11.6 Å². The van der Waals surface area contributed by atoms with Gasteiger partial charge in [-0.3, -0.25) is 4.79 Å². The number of rotatable bonds is 0. The molecule has 60 valence electrons. The second kappa shape index (κ2) is 2.64. The molecule has 0 unspecified atom stereocenters. The minimum Gasteiger partial charge on any atom is -0.329 e. The average Bonchev–Trinajstić information content (AvgIpc) is 2.07. The molecule has 0 aliphatic heterocycles. The standard InChI is InChI=1S/C9H6ClNO/c10-8-3-1-2-7-6(8)4-5-11-9(7)12/h1-5H,(H,11,12). The van der Waals surface area contributed by atoms with E-state index in [0.717, 1.165) is 5.39 Å². The number of H-pyrrole nitrogens is 1. The predicted octanol–water partition coefficient (Wildman–Crippen LogP) is 2.18. The Morgan fingerprint density at radius 1 is 1.17 bits per heavy atom. The van der Waals surface area contributed by atoms with Crippen LogP contribution in [0.3, 0.4) is 0 Å². The molecule has 0 amide bonds. The molecule has 0 spiro atoms. The first-order valence-electron chi connectivity index (χ1n) is 3.55. The molecule has 0 radical (unpaired) electrons. The summed E-state index contributed by atoms with van der Waals surface area (Å²) in [5.41, 5.74) is -0.102. The fourth-order valence-electron chi connectivity index (χ4n) is 1.18. The third-order valence-corrected chi connectivity index (χ3v) is 2.09. The van der Waals surface area contributed by atoms with Crippen LogP contribution in [-0.4, -0.2) is 4.98 Å². The van der Waals surface area contributed by atoms with Crippen molar-refractivity contribution in [1.29, 1.82) is 0 Å². The summed E-state index contributed by atoms with van der Waals surface area (Å²) in [6.45, 7) is 0. The molecule has 1 N–H and O–H groups in total. The molecule has 0 bridgehead atoms. The van der Waals surface area contributed by atoms with E-state index in [1.165, 1.54) is 0 Å². The lowest BCUT2D eigenvalue weighted by atomic mass is 10.2. The van der Waals surface area contributed by atoms with Crippen LogP contribution < -0.4 is 5.56 Å². The van der Waals surface area contributed by atoms with Crippen LogP contribution in [0.25, 0.3) is 10.8 Å². The van der Waals surface area contributed by atoms with Gasteiger partial charge in [0.1, 0.15) is 0 Å². The van der Waals surface area contributed by atoms with E-state index in [1.54, 1.807) is 30.5 Å². The first-order chi connectivity index (χ1) is 5.79. The van der Waals surface area contributed by atoms with Gasteiger partial charge in [-0.2, -0.15) is 0 Å². The van der Waals surface area contributed by atoms with Crippen molar-refractivity contribution in [3.05, 3.63) is 45.8 Å². The number of hydrogen-bond acceptors (Lipinski definition) is 1. The largest absolute Gasteiger partial charge is 0.329 e. The maximum Gasteiger partial charge on any atom is 0.255 e. The fourth-order valence-corrected chi connectivity index (χ4v) is 1.42. The summed E-state index contributed by atoms with van der Waals surface area (Å²) in [5, 5.41) is 2.03. The number of fused-ring (bicyclic) bond motifs is 1. The molecule has 0 aliphatic rings. The summed E-state index contributed by atoms with van der Waals surface area (Å²) in [4.78, 5) is 13.8. The molecule has 1 aromatic carbocycles. The van der Waals surface area contributed by atoms with E-state index in [-0.39, 0.29) is 5.56 Å². The Balaban J connectivity index is 3.05. The zero-order chi connectivity index (χ0) is 8.55. The molecule has 0 saturated heterocycles. The number of halogens is 1. The third kappa shape index (κ3) is 1.01. The minimum absolute atomic E-state index is 0.102. The van der Waals surface area contributed by atoms with Gasteiger partial charge < -0.3 is 4.98 Å². The minimum atomic E-state index is -0.102. The topological polar surface area (TPSA) is 32.9 Å². The maximum atomic E-state index is 11.2. The SMILES string of the molecule is O=c1[nH]ccc2c(Cl)cccc12. The van der Waals surface area contributed by atoms with Gasteiger partial charge in [-0.05, 0) is 18.2 Å². The van der Waals surface area contributed by atoms with Crippen molar-refractivity contribution in [2.24, 2.45) is 0 Å². The number of aromatic nitrogens is 1. The molecule has 0 fully saturated rings. The molecule has 2 aromatic rings. The Kier molecular flexibility index (Phi) is 1.62. The molecule has 12 heavy (non-hydrogen) atoms. The Morgan fingerprint density at radius 2 is 2.00 bits per heavy atom. The van der Waals surface area contributed by atoms with E-state index in [1.807, 2.05) is 0 Å². The van der Waals surface area contributed by atoms with Gasteiger partial charge in [-0.25, -0.2) is 0 Å². The van der Waals surface area contributed by atoms with Crippen molar-refractivity contribution in [3.63, 3.8) is 0 Å². The second-order valence-corrected chi connectivity index (χ2v) is 2.92. The highest BCUT2D eigenvalue weighted by atomic mass is 35.5. The summed E-state index contributed by atoms with van der Waals surface area (Å²) < 4.78 is 0. The highest BCUT2D eigenvalue weighted by Gasteiger charge is 1.99. The molecule has 3 heteroatoms. The Morgan fingerprint density at radius 3 is 2.75 bits per heavy atom. The normalized spacial score (nSPS) is 10.4. The predicted molar refractivity (Wildman–Crippen MR) is 49.6 cm³/mol. The van der Waals surface area contributed by atoms with E-state index < -0.39 is 0 Å². The van der Waals surface area contributed by atoms with E-state index in [2.05, 4.69) is 4.98 Å². The zero-order valence-corrected chi connectivity index (χ0v) is 6.93. The van der Waals surface area contributed by atoms with Gasteiger partial charge in [-0.1, -0.05) is 17.7 Å². The van der Waals surface area contributed by atoms with Gasteiger partial charge in [0.25, 0.3) is 5.56 Å². The number of hydrogen-bond donors (Lipinski definition) is 1. The first kappa shape index (κ1) is 7.37. The summed E-state index contributed by atoms with van der Waals surface area (Å²) in [6.07, 6.45) is 1.59. The molecule has 2 rings (SSSR count). The van der Waals surface area contributed by atoms with Crippen molar-refractivity contribution in [3.8, 4) is 0 Å². The Hall–Kier alpha value is -1.28. The lowest BCUT2D eigenvalue weighted by Crippen LogP contribution is -2.03. The van der Waals surface area contributed by atoms with Gasteiger partial charge >= 0.3 is 0 Å². The second-order valence-electron chi connectivity index (χ2n) is 2.51. The zero-order valence-electron chi connectivity index (χ0n) is 6.17. The maximum absolute atomic E-state index is 11.2. The Bertz CT molecular complexity index is 475. The van der Waals surface area contributed by atoms with Crippen molar-refractivity contribution in [2.75, 3.05) is 0 Å². The van der Waals surface area contributed by atoms with Gasteiger partial charge in [0.15, 0.2) is 0 Å². The molecule has 0 aliphatic carbocycles. The van der Waals surface area contributed by atoms with Crippen LogP contribution in [0.2, 0.25) is 5.02 Å². The summed E-state index contributed by atoms with van der Waals surface area (Å²) in [6, 6.07) is 7.07.